The van der Waals surface area contributed by atoms with Gasteiger partial charge in [0.25, 0.3) is 0 Å². The van der Waals surface area contributed by atoms with Gasteiger partial charge in [-0.05, 0) is 31.0 Å². The molecule has 0 saturated carbocycles. The Morgan fingerprint density at radius 3 is 2.88 bits per heavy atom. The molecule has 2 aromatic rings. The van der Waals surface area contributed by atoms with E-state index in [-0.39, 0.29) is 12.2 Å². The van der Waals surface area contributed by atoms with Gasteiger partial charge >= 0.3 is 0 Å². The molecular formula is C13H12N2O. The van der Waals surface area contributed by atoms with Gasteiger partial charge in [0.05, 0.1) is 12.5 Å². The highest BCUT2D eigenvalue weighted by Crippen LogP contribution is 2.24. The summed E-state index contributed by atoms with van der Waals surface area (Å²) < 4.78 is 0. The van der Waals surface area contributed by atoms with Crippen LogP contribution in [0.2, 0.25) is 0 Å². The zero-order chi connectivity index (χ0) is 11.7. The maximum atomic E-state index is 11.7. The number of H-pyrrole nitrogens is 1. The van der Waals surface area contributed by atoms with E-state index in [2.05, 4.69) is 4.98 Å². The highest BCUT2D eigenvalue weighted by molar-refractivity contribution is 6.09. The van der Waals surface area contributed by atoms with Crippen LogP contribution in [0.5, 0.6) is 0 Å². The van der Waals surface area contributed by atoms with Gasteiger partial charge < -0.3 is 4.98 Å². The van der Waals surface area contributed by atoms with Crippen molar-refractivity contribution in [3.05, 3.63) is 35.0 Å². The number of ketones is 1. The Hall–Kier alpha value is -2.08. The Morgan fingerprint density at radius 2 is 2.19 bits per heavy atom. The molecule has 0 amide bonds. The van der Waals surface area contributed by atoms with Gasteiger partial charge in [0.15, 0.2) is 5.78 Å². The average molecular weight is 212 g/mol. The topological polar surface area (TPSA) is 56.6 Å². The molecule has 16 heavy (non-hydrogen) atoms. The maximum Gasteiger partial charge on any atom is 0.179 e. The second kappa shape index (κ2) is 3.82. The van der Waals surface area contributed by atoms with Crippen molar-refractivity contribution >= 4 is 16.7 Å². The number of aromatic nitrogens is 1. The van der Waals surface area contributed by atoms with Crippen molar-refractivity contribution < 1.29 is 4.79 Å². The number of nitrogens with zero attached hydrogens (tertiary/aromatic N) is 1. The molecule has 80 valence electrons. The predicted molar refractivity (Wildman–Crippen MR) is 62.3 cm³/mol. The minimum absolute atomic E-state index is 0.0692. The van der Waals surface area contributed by atoms with E-state index in [1.807, 2.05) is 32.0 Å². The van der Waals surface area contributed by atoms with Crippen LogP contribution in [0.15, 0.2) is 18.3 Å². The number of carbonyl (C=O) groups excluding carboxylic acids is 1. The average Bonchev–Trinajstić information content (AvgIpc) is 2.61. The molecule has 0 unspecified atom stereocenters. The fraction of sp³-hybridized carbons (Fsp3) is 0.231. The molecule has 0 aliphatic carbocycles. The lowest BCUT2D eigenvalue weighted by atomic mass is 10.0. The molecular weight excluding hydrogens is 200 g/mol. The Balaban J connectivity index is 2.66. The van der Waals surface area contributed by atoms with Crippen molar-refractivity contribution in [2.24, 2.45) is 0 Å². The van der Waals surface area contributed by atoms with Gasteiger partial charge in [0, 0.05) is 22.7 Å². The van der Waals surface area contributed by atoms with Crippen LogP contribution in [-0.4, -0.2) is 10.8 Å². The van der Waals surface area contributed by atoms with Crippen molar-refractivity contribution in [2.45, 2.75) is 20.3 Å². The van der Waals surface area contributed by atoms with Crippen LogP contribution in [0.4, 0.5) is 0 Å². The summed E-state index contributed by atoms with van der Waals surface area (Å²) in [5, 5.41) is 9.48. The third kappa shape index (κ3) is 1.59. The summed E-state index contributed by atoms with van der Waals surface area (Å²) in [6.45, 7) is 4.00. The second-order valence-electron chi connectivity index (χ2n) is 3.96. The van der Waals surface area contributed by atoms with Crippen LogP contribution in [0, 0.1) is 25.2 Å². The molecule has 0 atom stereocenters. The zero-order valence-electron chi connectivity index (χ0n) is 9.29. The van der Waals surface area contributed by atoms with Gasteiger partial charge in [-0.15, -0.1) is 0 Å². The third-order valence-electron chi connectivity index (χ3n) is 2.66. The summed E-state index contributed by atoms with van der Waals surface area (Å²) in [6.07, 6.45) is 1.62. The predicted octanol–water partition coefficient (Wildman–Crippen LogP) is 2.88. The minimum atomic E-state index is -0.124. The van der Waals surface area contributed by atoms with Crippen molar-refractivity contribution in [1.82, 2.24) is 4.98 Å². The second-order valence-corrected chi connectivity index (χ2v) is 3.96. The van der Waals surface area contributed by atoms with Crippen molar-refractivity contribution in [1.29, 1.82) is 5.26 Å². The van der Waals surface area contributed by atoms with Gasteiger partial charge in [-0.1, -0.05) is 6.07 Å². The molecule has 3 heteroatoms. The molecule has 2 rings (SSSR count). The summed E-state index contributed by atoms with van der Waals surface area (Å²) >= 11 is 0. The van der Waals surface area contributed by atoms with E-state index in [0.717, 1.165) is 22.0 Å². The van der Waals surface area contributed by atoms with E-state index in [0.29, 0.717) is 5.56 Å². The third-order valence-corrected chi connectivity index (χ3v) is 2.66. The van der Waals surface area contributed by atoms with E-state index in [1.165, 1.54) is 0 Å². The van der Waals surface area contributed by atoms with Crippen molar-refractivity contribution in [3.8, 4) is 6.07 Å². The van der Waals surface area contributed by atoms with Crippen LogP contribution >= 0.6 is 0 Å². The molecule has 1 aromatic heterocycles. The molecule has 0 radical (unpaired) electrons. The number of nitrogens with one attached hydrogen (secondary N) is 1. The van der Waals surface area contributed by atoms with Crippen molar-refractivity contribution in [3.63, 3.8) is 0 Å². The summed E-state index contributed by atoms with van der Waals surface area (Å²) in [5.74, 6) is -0.124. The molecule has 0 aliphatic heterocycles. The Morgan fingerprint density at radius 1 is 1.44 bits per heavy atom. The Bertz CT molecular complexity index is 602. The van der Waals surface area contributed by atoms with E-state index < -0.39 is 0 Å². The number of benzene rings is 1. The molecule has 1 aromatic carbocycles. The molecule has 0 aliphatic rings. The number of hydrogen-bond donors (Lipinski definition) is 1. The molecule has 1 N–H and O–H groups in total. The molecule has 1 heterocycles. The van der Waals surface area contributed by atoms with E-state index >= 15 is 0 Å². The first-order chi connectivity index (χ1) is 7.63. The van der Waals surface area contributed by atoms with Gasteiger partial charge in [-0.2, -0.15) is 5.26 Å². The fourth-order valence-electron chi connectivity index (χ4n) is 2.05. The molecule has 0 spiro atoms. The van der Waals surface area contributed by atoms with Crippen LogP contribution < -0.4 is 0 Å². The zero-order valence-corrected chi connectivity index (χ0v) is 9.29. The summed E-state index contributed by atoms with van der Waals surface area (Å²) in [7, 11) is 0. The lowest BCUT2D eigenvalue weighted by Crippen LogP contribution is -1.96. The van der Waals surface area contributed by atoms with Gasteiger partial charge in [-0.25, -0.2) is 0 Å². The van der Waals surface area contributed by atoms with Gasteiger partial charge in [0.2, 0.25) is 0 Å². The Labute approximate surface area is 93.7 Å². The maximum absolute atomic E-state index is 11.7. The summed E-state index contributed by atoms with van der Waals surface area (Å²) in [5.41, 5.74) is 3.80. The highest BCUT2D eigenvalue weighted by atomic mass is 16.1. The first-order valence-corrected chi connectivity index (χ1v) is 5.12. The Kier molecular flexibility index (Phi) is 2.49. The minimum Gasteiger partial charge on any atom is -0.360 e. The smallest absolute Gasteiger partial charge is 0.179 e. The van der Waals surface area contributed by atoms with E-state index in [4.69, 9.17) is 5.26 Å². The number of aryl methyl sites for hydroxylation is 2. The summed E-state index contributed by atoms with van der Waals surface area (Å²) in [4.78, 5) is 14.8. The lowest BCUT2D eigenvalue weighted by molar-refractivity contribution is 0.0999. The van der Waals surface area contributed by atoms with Gasteiger partial charge in [0.1, 0.15) is 0 Å². The molecule has 0 fully saturated rings. The monoisotopic (exact) mass is 212 g/mol. The number of fused-ring (bicyclic) bond motifs is 1. The number of Topliss-reactive ketones (excluding diaryl/α,β-unsaturated/α-hetero) is 1. The highest BCUT2D eigenvalue weighted by Gasteiger charge is 2.13. The fourth-order valence-corrected chi connectivity index (χ4v) is 2.05. The van der Waals surface area contributed by atoms with Crippen molar-refractivity contribution in [2.75, 3.05) is 0 Å². The van der Waals surface area contributed by atoms with Crippen LogP contribution in [-0.2, 0) is 0 Å². The first kappa shape index (κ1) is 10.4. The number of aromatic amines is 1. The van der Waals surface area contributed by atoms with Crippen LogP contribution in [0.1, 0.15) is 27.9 Å². The number of carbonyl (C=O) groups is 1. The lowest BCUT2D eigenvalue weighted by Gasteiger charge is -2.01. The quantitative estimate of drug-likeness (QED) is 0.778. The normalized spacial score (nSPS) is 10.3. The molecule has 0 bridgehead atoms. The number of hydrogen-bond acceptors (Lipinski definition) is 2. The standard InChI is InChI=1S/C13H12N2O/c1-8-5-9(2)13-10(12(16)3-4-14)7-15-11(13)6-8/h5-7,15H,3H2,1-2H3. The SMILES string of the molecule is Cc1cc(C)c2c(C(=O)CC#N)c[nH]c2c1. The largest absolute Gasteiger partial charge is 0.360 e. The number of nitriles is 1. The van der Waals surface area contributed by atoms with Gasteiger partial charge in [-0.3, -0.25) is 4.79 Å². The van der Waals surface area contributed by atoms with E-state index in [9.17, 15) is 4.79 Å². The summed E-state index contributed by atoms with van der Waals surface area (Å²) in [6, 6.07) is 5.93. The molecule has 3 nitrogen and oxygen atoms in total. The van der Waals surface area contributed by atoms with Crippen LogP contribution in [0.3, 0.4) is 0 Å². The van der Waals surface area contributed by atoms with Crippen LogP contribution in [0.25, 0.3) is 10.9 Å². The van der Waals surface area contributed by atoms with E-state index in [1.54, 1.807) is 6.20 Å². The first-order valence-electron chi connectivity index (χ1n) is 5.12. The molecule has 0 saturated heterocycles. The number of rotatable bonds is 2.